The number of rotatable bonds is 3. The number of hydrogen-bond acceptors (Lipinski definition) is 3. The predicted molar refractivity (Wildman–Crippen MR) is 59.1 cm³/mol. The van der Waals surface area contributed by atoms with E-state index in [2.05, 4.69) is 10.2 Å². The molecule has 1 aromatic heterocycles. The lowest BCUT2D eigenvalue weighted by atomic mass is 10.1. The first-order valence-electron chi connectivity index (χ1n) is 4.79. The van der Waals surface area contributed by atoms with Crippen molar-refractivity contribution in [3.8, 4) is 11.3 Å². The van der Waals surface area contributed by atoms with Crippen molar-refractivity contribution < 1.29 is 9.13 Å². The molecule has 0 aliphatic rings. The fraction of sp³-hybridized carbons (Fsp3) is 0.182. The molecular formula is C11H12FN3O. The van der Waals surface area contributed by atoms with Gasteiger partial charge in [0.05, 0.1) is 12.3 Å². The molecule has 0 atom stereocenters. The number of methoxy groups -OCH3 is 1. The molecule has 0 saturated carbocycles. The van der Waals surface area contributed by atoms with E-state index in [4.69, 9.17) is 10.5 Å². The molecule has 0 fully saturated rings. The van der Waals surface area contributed by atoms with Crippen LogP contribution in [0.4, 0.5) is 10.2 Å². The van der Waals surface area contributed by atoms with E-state index in [9.17, 15) is 4.39 Å². The van der Waals surface area contributed by atoms with Crippen molar-refractivity contribution in [1.82, 2.24) is 10.2 Å². The van der Waals surface area contributed by atoms with Gasteiger partial charge >= 0.3 is 0 Å². The van der Waals surface area contributed by atoms with Gasteiger partial charge in [-0.15, -0.1) is 0 Å². The molecule has 3 N–H and O–H groups in total. The van der Waals surface area contributed by atoms with Crippen molar-refractivity contribution in [3.05, 3.63) is 35.6 Å². The second kappa shape index (κ2) is 4.32. The lowest BCUT2D eigenvalue weighted by Gasteiger charge is -2.04. The summed E-state index contributed by atoms with van der Waals surface area (Å²) in [4.78, 5) is 0. The zero-order valence-electron chi connectivity index (χ0n) is 8.83. The van der Waals surface area contributed by atoms with Crippen LogP contribution < -0.4 is 5.73 Å². The van der Waals surface area contributed by atoms with Crippen LogP contribution in [0.3, 0.4) is 0 Å². The predicted octanol–water partition coefficient (Wildman–Crippen LogP) is 1.94. The van der Waals surface area contributed by atoms with E-state index in [0.29, 0.717) is 11.4 Å². The lowest BCUT2D eigenvalue weighted by molar-refractivity contribution is 0.181. The Morgan fingerprint density at radius 1 is 1.44 bits per heavy atom. The molecule has 5 heteroatoms. The van der Waals surface area contributed by atoms with Gasteiger partial charge in [-0.1, -0.05) is 0 Å². The number of hydrogen-bond donors (Lipinski definition) is 2. The highest BCUT2D eigenvalue weighted by molar-refractivity contribution is 5.62. The second-order valence-electron chi connectivity index (χ2n) is 3.45. The average molecular weight is 221 g/mol. The quantitative estimate of drug-likeness (QED) is 0.832. The normalized spacial score (nSPS) is 10.6. The second-order valence-corrected chi connectivity index (χ2v) is 3.45. The van der Waals surface area contributed by atoms with Crippen LogP contribution in [0.15, 0.2) is 24.3 Å². The van der Waals surface area contributed by atoms with E-state index < -0.39 is 0 Å². The van der Waals surface area contributed by atoms with Crippen LogP contribution in [0.1, 0.15) is 5.56 Å². The Hall–Kier alpha value is -1.88. The molecule has 0 spiro atoms. The topological polar surface area (TPSA) is 63.9 Å². The first-order valence-corrected chi connectivity index (χ1v) is 4.79. The van der Waals surface area contributed by atoms with E-state index in [-0.39, 0.29) is 12.4 Å². The third kappa shape index (κ3) is 2.04. The fourth-order valence-electron chi connectivity index (χ4n) is 1.49. The number of halogens is 1. The molecule has 0 radical (unpaired) electrons. The van der Waals surface area contributed by atoms with Gasteiger partial charge in [-0.2, -0.15) is 5.10 Å². The lowest BCUT2D eigenvalue weighted by Crippen LogP contribution is -1.93. The highest BCUT2D eigenvalue weighted by Crippen LogP contribution is 2.21. The van der Waals surface area contributed by atoms with E-state index >= 15 is 0 Å². The maximum Gasteiger partial charge on any atom is 0.145 e. The Labute approximate surface area is 92.2 Å². The minimum absolute atomic E-state index is 0.239. The molecule has 84 valence electrons. The molecule has 0 aliphatic carbocycles. The monoisotopic (exact) mass is 221 g/mol. The first-order chi connectivity index (χ1) is 7.70. The molecule has 0 aliphatic heterocycles. The zero-order chi connectivity index (χ0) is 11.5. The maximum absolute atomic E-state index is 13.3. The summed E-state index contributed by atoms with van der Waals surface area (Å²) in [6.45, 7) is 0.239. The molecule has 0 saturated heterocycles. The van der Waals surface area contributed by atoms with Gasteiger partial charge in [-0.05, 0) is 18.2 Å². The van der Waals surface area contributed by atoms with Crippen molar-refractivity contribution in [1.29, 1.82) is 0 Å². The minimum Gasteiger partial charge on any atom is -0.382 e. The van der Waals surface area contributed by atoms with Crippen molar-refractivity contribution >= 4 is 5.82 Å². The van der Waals surface area contributed by atoms with Crippen LogP contribution in [0.5, 0.6) is 0 Å². The van der Waals surface area contributed by atoms with E-state index in [1.54, 1.807) is 18.2 Å². The molecule has 16 heavy (non-hydrogen) atoms. The van der Waals surface area contributed by atoms with Gasteiger partial charge in [-0.25, -0.2) is 4.39 Å². The summed E-state index contributed by atoms with van der Waals surface area (Å²) >= 11 is 0. The molecule has 2 rings (SSSR count). The average Bonchev–Trinajstić information content (AvgIpc) is 2.69. The third-order valence-electron chi connectivity index (χ3n) is 2.25. The van der Waals surface area contributed by atoms with Gasteiger partial charge in [-0.3, -0.25) is 5.10 Å². The number of ether oxygens (including phenoxy) is 1. The largest absolute Gasteiger partial charge is 0.382 e. The Bertz CT molecular complexity index is 496. The summed E-state index contributed by atoms with van der Waals surface area (Å²) < 4.78 is 18.3. The van der Waals surface area contributed by atoms with Crippen molar-refractivity contribution in [2.75, 3.05) is 12.8 Å². The van der Waals surface area contributed by atoms with Crippen LogP contribution in [0.25, 0.3) is 11.3 Å². The molecule has 2 aromatic rings. The highest BCUT2D eigenvalue weighted by Gasteiger charge is 2.06. The minimum atomic E-state index is -0.280. The summed E-state index contributed by atoms with van der Waals surface area (Å²) in [5, 5.41) is 6.59. The van der Waals surface area contributed by atoms with Crippen LogP contribution in [-0.4, -0.2) is 17.3 Å². The fourth-order valence-corrected chi connectivity index (χ4v) is 1.49. The van der Waals surface area contributed by atoms with Gasteiger partial charge in [0.25, 0.3) is 0 Å². The number of nitrogens with zero attached hydrogens (tertiary/aromatic N) is 1. The smallest absolute Gasteiger partial charge is 0.145 e. The van der Waals surface area contributed by atoms with Gasteiger partial charge < -0.3 is 10.5 Å². The van der Waals surface area contributed by atoms with E-state index in [0.717, 1.165) is 11.3 Å². The van der Waals surface area contributed by atoms with Gasteiger partial charge in [0, 0.05) is 24.3 Å². The molecule has 1 heterocycles. The van der Waals surface area contributed by atoms with Crippen molar-refractivity contribution in [3.63, 3.8) is 0 Å². The molecule has 0 amide bonds. The van der Waals surface area contributed by atoms with Crippen LogP contribution in [0.2, 0.25) is 0 Å². The molecule has 4 nitrogen and oxygen atoms in total. The highest BCUT2D eigenvalue weighted by atomic mass is 19.1. The number of anilines is 1. The molecule has 1 aromatic carbocycles. The third-order valence-corrected chi connectivity index (χ3v) is 2.25. The number of nitrogens with one attached hydrogen (secondary N) is 1. The molecule has 0 unspecified atom stereocenters. The van der Waals surface area contributed by atoms with Crippen LogP contribution >= 0.6 is 0 Å². The van der Waals surface area contributed by atoms with Crippen LogP contribution in [-0.2, 0) is 11.3 Å². The number of aromatic nitrogens is 2. The van der Waals surface area contributed by atoms with E-state index in [1.165, 1.54) is 13.2 Å². The Kier molecular flexibility index (Phi) is 2.87. The van der Waals surface area contributed by atoms with Gasteiger partial charge in [0.1, 0.15) is 11.6 Å². The summed E-state index contributed by atoms with van der Waals surface area (Å²) in [7, 11) is 1.53. The van der Waals surface area contributed by atoms with Gasteiger partial charge in [0.15, 0.2) is 0 Å². The van der Waals surface area contributed by atoms with Gasteiger partial charge in [0.2, 0.25) is 0 Å². The SMILES string of the molecule is COCc1cc(-c2cc(N)n[nH]2)ccc1F. The zero-order valence-corrected chi connectivity index (χ0v) is 8.83. The Balaban J connectivity index is 2.39. The van der Waals surface area contributed by atoms with Crippen LogP contribution in [0, 0.1) is 5.82 Å². The number of nitrogens with two attached hydrogens (primary N) is 1. The Morgan fingerprint density at radius 3 is 2.88 bits per heavy atom. The first kappa shape index (κ1) is 10.6. The van der Waals surface area contributed by atoms with E-state index in [1.807, 2.05) is 0 Å². The number of H-pyrrole nitrogens is 1. The summed E-state index contributed by atoms with van der Waals surface area (Å²) in [6.07, 6.45) is 0. The number of aromatic amines is 1. The number of nitrogen functional groups attached to an aromatic ring is 1. The Morgan fingerprint density at radius 2 is 2.25 bits per heavy atom. The molecule has 0 bridgehead atoms. The summed E-state index contributed by atoms with van der Waals surface area (Å²) in [5.74, 6) is 0.130. The standard InChI is InChI=1S/C11H12FN3O/c1-16-6-8-4-7(2-3-9(8)12)10-5-11(13)15-14-10/h2-5H,6H2,1H3,(H3,13,14,15). The number of benzene rings is 1. The summed E-state index contributed by atoms with van der Waals surface area (Å²) in [6, 6.07) is 6.48. The molecular weight excluding hydrogens is 209 g/mol. The maximum atomic E-state index is 13.3. The van der Waals surface area contributed by atoms with Crippen molar-refractivity contribution in [2.45, 2.75) is 6.61 Å². The summed E-state index contributed by atoms with van der Waals surface area (Å²) in [5.41, 5.74) is 7.60. The van der Waals surface area contributed by atoms with Crippen molar-refractivity contribution in [2.24, 2.45) is 0 Å².